The number of benzene rings is 2. The summed E-state index contributed by atoms with van der Waals surface area (Å²) in [5.74, 6) is -0.941. The fourth-order valence-electron chi connectivity index (χ4n) is 2.12. The SMILES string of the molecule is Cc1cc(C)cc(-c2cc(N)ccc2C(=O)O)c1. The van der Waals surface area contributed by atoms with Gasteiger partial charge in [-0.2, -0.15) is 0 Å². The molecule has 2 rings (SSSR count). The third-order valence-electron chi connectivity index (χ3n) is 2.81. The normalized spacial score (nSPS) is 10.3. The Hall–Kier alpha value is -2.29. The lowest BCUT2D eigenvalue weighted by atomic mass is 9.96. The highest BCUT2D eigenvalue weighted by molar-refractivity contribution is 5.97. The average Bonchev–Trinajstić information content (AvgIpc) is 2.27. The summed E-state index contributed by atoms with van der Waals surface area (Å²) in [7, 11) is 0. The molecule has 0 fully saturated rings. The van der Waals surface area contributed by atoms with Crippen LogP contribution in [0.5, 0.6) is 0 Å². The van der Waals surface area contributed by atoms with Gasteiger partial charge < -0.3 is 10.8 Å². The predicted octanol–water partition coefficient (Wildman–Crippen LogP) is 3.25. The lowest BCUT2D eigenvalue weighted by Crippen LogP contribution is -2.01. The van der Waals surface area contributed by atoms with Crippen molar-refractivity contribution in [3.63, 3.8) is 0 Å². The third-order valence-corrected chi connectivity index (χ3v) is 2.81. The molecule has 0 spiro atoms. The maximum absolute atomic E-state index is 11.2. The molecule has 18 heavy (non-hydrogen) atoms. The molecule has 0 heterocycles. The van der Waals surface area contributed by atoms with E-state index in [9.17, 15) is 9.90 Å². The number of rotatable bonds is 2. The molecular weight excluding hydrogens is 226 g/mol. The Morgan fingerprint density at radius 3 is 2.22 bits per heavy atom. The lowest BCUT2D eigenvalue weighted by molar-refractivity contribution is 0.0698. The van der Waals surface area contributed by atoms with Crippen LogP contribution in [0.1, 0.15) is 21.5 Å². The van der Waals surface area contributed by atoms with E-state index in [4.69, 9.17) is 5.73 Å². The number of anilines is 1. The number of hydrogen-bond donors (Lipinski definition) is 2. The molecule has 3 nitrogen and oxygen atoms in total. The Kier molecular flexibility index (Phi) is 3.06. The van der Waals surface area contributed by atoms with Crippen molar-refractivity contribution in [2.75, 3.05) is 5.73 Å². The summed E-state index contributed by atoms with van der Waals surface area (Å²) in [4.78, 5) is 11.2. The van der Waals surface area contributed by atoms with E-state index in [0.717, 1.165) is 16.7 Å². The fraction of sp³-hybridized carbons (Fsp3) is 0.133. The Morgan fingerprint density at radius 1 is 1.06 bits per heavy atom. The van der Waals surface area contributed by atoms with Crippen LogP contribution < -0.4 is 5.73 Å². The number of nitrogens with two attached hydrogens (primary N) is 1. The Morgan fingerprint density at radius 2 is 1.67 bits per heavy atom. The Bertz CT molecular complexity index is 598. The maximum Gasteiger partial charge on any atom is 0.336 e. The molecule has 0 atom stereocenters. The van der Waals surface area contributed by atoms with E-state index < -0.39 is 5.97 Å². The van der Waals surface area contributed by atoms with Gasteiger partial charge in [0.25, 0.3) is 0 Å². The molecule has 0 aliphatic heterocycles. The van der Waals surface area contributed by atoms with Crippen molar-refractivity contribution in [2.24, 2.45) is 0 Å². The van der Waals surface area contributed by atoms with Crippen molar-refractivity contribution in [1.29, 1.82) is 0 Å². The van der Waals surface area contributed by atoms with Crippen LogP contribution in [0.25, 0.3) is 11.1 Å². The number of hydrogen-bond acceptors (Lipinski definition) is 2. The van der Waals surface area contributed by atoms with E-state index in [1.165, 1.54) is 0 Å². The fourth-order valence-corrected chi connectivity index (χ4v) is 2.12. The van der Waals surface area contributed by atoms with E-state index in [1.54, 1.807) is 18.2 Å². The van der Waals surface area contributed by atoms with Gasteiger partial charge in [-0.1, -0.05) is 29.3 Å². The second-order valence-electron chi connectivity index (χ2n) is 4.49. The molecule has 0 aliphatic carbocycles. The zero-order valence-corrected chi connectivity index (χ0v) is 10.4. The summed E-state index contributed by atoms with van der Waals surface area (Å²) in [6.45, 7) is 3.98. The number of nitrogen functional groups attached to an aromatic ring is 1. The Labute approximate surface area is 106 Å². The number of carbonyl (C=O) groups is 1. The monoisotopic (exact) mass is 241 g/mol. The lowest BCUT2D eigenvalue weighted by Gasteiger charge is -2.09. The highest BCUT2D eigenvalue weighted by Gasteiger charge is 2.12. The highest BCUT2D eigenvalue weighted by atomic mass is 16.4. The van der Waals surface area contributed by atoms with E-state index in [2.05, 4.69) is 6.07 Å². The van der Waals surface area contributed by atoms with Gasteiger partial charge in [0.2, 0.25) is 0 Å². The summed E-state index contributed by atoms with van der Waals surface area (Å²) in [6, 6.07) is 10.8. The van der Waals surface area contributed by atoms with Crippen molar-refractivity contribution in [3.8, 4) is 11.1 Å². The topological polar surface area (TPSA) is 63.3 Å². The first-order valence-corrected chi connectivity index (χ1v) is 5.69. The second-order valence-corrected chi connectivity index (χ2v) is 4.49. The number of carboxylic acid groups (broad SMARTS) is 1. The summed E-state index contributed by atoms with van der Waals surface area (Å²) in [5, 5.41) is 9.22. The molecule has 0 amide bonds. The minimum absolute atomic E-state index is 0.272. The predicted molar refractivity (Wildman–Crippen MR) is 72.7 cm³/mol. The van der Waals surface area contributed by atoms with Gasteiger partial charge in [0, 0.05) is 5.69 Å². The summed E-state index contributed by atoms with van der Waals surface area (Å²) >= 11 is 0. The number of aryl methyl sites for hydroxylation is 2. The van der Waals surface area contributed by atoms with Gasteiger partial charge in [-0.25, -0.2) is 4.79 Å². The molecule has 92 valence electrons. The van der Waals surface area contributed by atoms with Crippen LogP contribution in [-0.2, 0) is 0 Å². The van der Waals surface area contributed by atoms with Gasteiger partial charge >= 0.3 is 5.97 Å². The van der Waals surface area contributed by atoms with Crippen molar-refractivity contribution >= 4 is 11.7 Å². The quantitative estimate of drug-likeness (QED) is 0.793. The van der Waals surface area contributed by atoms with Gasteiger partial charge in [0.15, 0.2) is 0 Å². The largest absolute Gasteiger partial charge is 0.478 e. The van der Waals surface area contributed by atoms with Crippen LogP contribution in [0, 0.1) is 13.8 Å². The Balaban J connectivity index is 2.68. The van der Waals surface area contributed by atoms with Crippen molar-refractivity contribution < 1.29 is 9.90 Å². The van der Waals surface area contributed by atoms with E-state index in [-0.39, 0.29) is 5.56 Å². The van der Waals surface area contributed by atoms with Crippen LogP contribution in [0.3, 0.4) is 0 Å². The van der Waals surface area contributed by atoms with Gasteiger partial charge in [0.05, 0.1) is 5.56 Å². The van der Waals surface area contributed by atoms with Gasteiger partial charge in [-0.15, -0.1) is 0 Å². The summed E-state index contributed by atoms with van der Waals surface area (Å²) < 4.78 is 0. The summed E-state index contributed by atoms with van der Waals surface area (Å²) in [6.07, 6.45) is 0. The van der Waals surface area contributed by atoms with Gasteiger partial charge in [-0.05, 0) is 43.2 Å². The first-order chi connectivity index (χ1) is 8.47. The van der Waals surface area contributed by atoms with E-state index in [1.807, 2.05) is 26.0 Å². The van der Waals surface area contributed by atoms with Crippen LogP contribution >= 0.6 is 0 Å². The molecule has 0 saturated heterocycles. The first kappa shape index (κ1) is 12.2. The molecule has 0 radical (unpaired) electrons. The van der Waals surface area contributed by atoms with E-state index >= 15 is 0 Å². The van der Waals surface area contributed by atoms with Crippen molar-refractivity contribution in [2.45, 2.75) is 13.8 Å². The molecule has 3 N–H and O–H groups in total. The average molecular weight is 241 g/mol. The smallest absolute Gasteiger partial charge is 0.336 e. The van der Waals surface area contributed by atoms with Gasteiger partial charge in [0.1, 0.15) is 0 Å². The molecule has 2 aromatic rings. The van der Waals surface area contributed by atoms with Crippen molar-refractivity contribution in [1.82, 2.24) is 0 Å². The molecule has 0 bridgehead atoms. The molecule has 3 heteroatoms. The molecule has 0 aliphatic rings. The highest BCUT2D eigenvalue weighted by Crippen LogP contribution is 2.28. The van der Waals surface area contributed by atoms with Crippen LogP contribution in [0.15, 0.2) is 36.4 Å². The van der Waals surface area contributed by atoms with Crippen molar-refractivity contribution in [3.05, 3.63) is 53.1 Å². The van der Waals surface area contributed by atoms with Crippen LogP contribution in [0.2, 0.25) is 0 Å². The standard InChI is InChI=1S/C15H15NO2/c1-9-5-10(2)7-11(6-9)14-8-12(16)3-4-13(14)15(17)18/h3-8H,16H2,1-2H3,(H,17,18). The molecule has 0 saturated carbocycles. The third kappa shape index (κ3) is 2.35. The number of carboxylic acids is 1. The van der Waals surface area contributed by atoms with Crippen LogP contribution in [0.4, 0.5) is 5.69 Å². The van der Waals surface area contributed by atoms with E-state index in [0.29, 0.717) is 11.3 Å². The maximum atomic E-state index is 11.2. The molecule has 0 aromatic heterocycles. The second kappa shape index (κ2) is 4.53. The molecule has 2 aromatic carbocycles. The van der Waals surface area contributed by atoms with Gasteiger partial charge in [-0.3, -0.25) is 0 Å². The summed E-state index contributed by atoms with van der Waals surface area (Å²) in [5.41, 5.74) is 10.3. The number of aromatic carboxylic acids is 1. The zero-order chi connectivity index (χ0) is 13.3. The minimum atomic E-state index is -0.941. The van der Waals surface area contributed by atoms with Crippen LogP contribution in [-0.4, -0.2) is 11.1 Å². The molecular formula is C15H15NO2. The minimum Gasteiger partial charge on any atom is -0.478 e. The zero-order valence-electron chi connectivity index (χ0n) is 10.4. The molecule has 0 unspecified atom stereocenters. The first-order valence-electron chi connectivity index (χ1n) is 5.69.